The van der Waals surface area contributed by atoms with Gasteiger partial charge in [-0.15, -0.1) is 0 Å². The summed E-state index contributed by atoms with van der Waals surface area (Å²) in [7, 11) is 0. The molecule has 0 heterocycles. The quantitative estimate of drug-likeness (QED) is 0.310. The fraction of sp³-hybridized carbons (Fsp3) is 0. The normalized spacial score (nSPS) is 11.6. The van der Waals surface area contributed by atoms with Crippen LogP contribution in [0.15, 0.2) is 65.8 Å². The number of rotatable bonds is 4. The van der Waals surface area contributed by atoms with E-state index in [1.807, 2.05) is 30.3 Å². The zero-order chi connectivity index (χ0) is 15.1. The third-order valence-corrected chi connectivity index (χ3v) is 2.84. The number of nitrogens with zero attached hydrogens (tertiary/aromatic N) is 1. The predicted octanol–water partition coefficient (Wildman–Crippen LogP) is 3.22. The molecule has 0 aromatic heterocycles. The number of carbonyl (C=O) groups is 1. The Bertz CT molecular complexity index is 664. The second-order valence-electron chi connectivity index (χ2n) is 4.14. The van der Waals surface area contributed by atoms with Crippen molar-refractivity contribution in [1.29, 1.82) is 0 Å². The van der Waals surface area contributed by atoms with Gasteiger partial charge >= 0.3 is 5.97 Å². The van der Waals surface area contributed by atoms with Gasteiger partial charge in [-0.2, -0.15) is 0 Å². The monoisotopic (exact) mass is 300 g/mol. The molecular weight excluding hydrogens is 288 g/mol. The van der Waals surface area contributed by atoms with Crippen LogP contribution in [0.4, 0.5) is 0 Å². The zero-order valence-electron chi connectivity index (χ0n) is 11.1. The first kappa shape index (κ1) is 14.8. The van der Waals surface area contributed by atoms with Crippen LogP contribution in [-0.4, -0.2) is 11.8 Å². The Hall–Kier alpha value is -2.59. The van der Waals surface area contributed by atoms with Crippen molar-refractivity contribution in [3.63, 3.8) is 0 Å². The molecule has 0 fully saturated rings. The average molecular weight is 301 g/mol. The summed E-state index contributed by atoms with van der Waals surface area (Å²) >= 11 is 5.77. The molecule has 0 aliphatic rings. The van der Waals surface area contributed by atoms with Crippen molar-refractivity contribution in [3.05, 3.63) is 76.8 Å². The summed E-state index contributed by atoms with van der Waals surface area (Å²) in [6.45, 7) is 0. The highest BCUT2D eigenvalue weighted by Gasteiger charge is 2.01. The number of carbonyl (C=O) groups excluding carboxylic acids is 1. The summed E-state index contributed by atoms with van der Waals surface area (Å²) in [5.41, 5.74) is 7.22. The molecule has 106 valence electrons. The van der Waals surface area contributed by atoms with Crippen LogP contribution >= 0.6 is 11.6 Å². The lowest BCUT2D eigenvalue weighted by atomic mass is 10.2. The first-order valence-corrected chi connectivity index (χ1v) is 6.56. The summed E-state index contributed by atoms with van der Waals surface area (Å²) in [5.74, 6) is -0.496. The third-order valence-electron chi connectivity index (χ3n) is 2.59. The van der Waals surface area contributed by atoms with Crippen molar-refractivity contribution < 1.29 is 9.63 Å². The maximum atomic E-state index is 11.5. The highest BCUT2D eigenvalue weighted by molar-refractivity contribution is 6.30. The fourth-order valence-electron chi connectivity index (χ4n) is 1.53. The Balaban J connectivity index is 1.95. The van der Waals surface area contributed by atoms with Crippen LogP contribution in [0.5, 0.6) is 0 Å². The minimum absolute atomic E-state index is 0.105. The van der Waals surface area contributed by atoms with Crippen LogP contribution in [0.25, 0.3) is 6.08 Å². The molecule has 0 saturated heterocycles. The Morgan fingerprint density at radius 2 is 1.76 bits per heavy atom. The number of halogens is 1. The average Bonchev–Trinajstić information content (AvgIpc) is 2.52. The molecule has 0 unspecified atom stereocenters. The van der Waals surface area contributed by atoms with E-state index in [4.69, 9.17) is 22.2 Å². The molecule has 2 aromatic rings. The van der Waals surface area contributed by atoms with Crippen molar-refractivity contribution in [2.75, 3.05) is 0 Å². The topological polar surface area (TPSA) is 64.7 Å². The predicted molar refractivity (Wildman–Crippen MR) is 83.7 cm³/mol. The van der Waals surface area contributed by atoms with Crippen molar-refractivity contribution in [3.8, 4) is 0 Å². The molecule has 0 aliphatic heterocycles. The molecule has 0 radical (unpaired) electrons. The standard InChI is InChI=1S/C16H13ClN2O2/c17-14-9-7-13(8-10-14)16(18)19-21-15(20)11-6-12-4-2-1-3-5-12/h1-11H,(H2,18,19). The molecule has 4 nitrogen and oxygen atoms in total. The zero-order valence-corrected chi connectivity index (χ0v) is 11.8. The highest BCUT2D eigenvalue weighted by Crippen LogP contribution is 2.09. The summed E-state index contributed by atoms with van der Waals surface area (Å²) in [6.07, 6.45) is 2.92. The minimum atomic E-state index is -0.601. The molecule has 21 heavy (non-hydrogen) atoms. The molecule has 5 heteroatoms. The van der Waals surface area contributed by atoms with E-state index >= 15 is 0 Å². The second kappa shape index (κ2) is 7.26. The van der Waals surface area contributed by atoms with E-state index in [9.17, 15) is 4.79 Å². The lowest BCUT2D eigenvalue weighted by Crippen LogP contribution is -2.14. The number of benzene rings is 2. The van der Waals surface area contributed by atoms with Gasteiger partial charge in [-0.1, -0.05) is 47.1 Å². The Kier molecular flexibility index (Phi) is 5.12. The van der Waals surface area contributed by atoms with E-state index in [0.29, 0.717) is 10.6 Å². The molecular formula is C16H13ClN2O2. The molecule has 0 aliphatic carbocycles. The van der Waals surface area contributed by atoms with Gasteiger partial charge in [0.15, 0.2) is 5.84 Å². The first-order chi connectivity index (χ1) is 10.1. The molecule has 0 saturated carbocycles. The van der Waals surface area contributed by atoms with Gasteiger partial charge < -0.3 is 10.6 Å². The minimum Gasteiger partial charge on any atom is -0.380 e. The Morgan fingerprint density at radius 3 is 2.43 bits per heavy atom. The molecule has 0 amide bonds. The van der Waals surface area contributed by atoms with E-state index < -0.39 is 5.97 Å². The SMILES string of the molecule is NC(=NOC(=O)C=Cc1ccccc1)c1ccc(Cl)cc1. The summed E-state index contributed by atoms with van der Waals surface area (Å²) in [6, 6.07) is 16.1. The molecule has 2 aromatic carbocycles. The summed E-state index contributed by atoms with van der Waals surface area (Å²) in [5, 5.41) is 4.18. The van der Waals surface area contributed by atoms with Crippen molar-refractivity contribution in [1.82, 2.24) is 0 Å². The molecule has 0 spiro atoms. The molecule has 2 N–H and O–H groups in total. The largest absolute Gasteiger partial charge is 0.380 e. The number of nitrogens with two attached hydrogens (primary N) is 1. The highest BCUT2D eigenvalue weighted by atomic mass is 35.5. The fourth-order valence-corrected chi connectivity index (χ4v) is 1.65. The van der Waals surface area contributed by atoms with Crippen LogP contribution in [-0.2, 0) is 9.63 Å². The van der Waals surface area contributed by atoms with Gasteiger partial charge in [0.2, 0.25) is 0 Å². The van der Waals surface area contributed by atoms with Gasteiger partial charge in [0.25, 0.3) is 0 Å². The Morgan fingerprint density at radius 1 is 1.10 bits per heavy atom. The Labute approximate surface area is 127 Å². The van der Waals surface area contributed by atoms with Crippen LogP contribution < -0.4 is 5.73 Å². The van der Waals surface area contributed by atoms with Gasteiger partial charge in [-0.3, -0.25) is 0 Å². The number of hydrogen-bond donors (Lipinski definition) is 1. The van der Waals surface area contributed by atoms with Gasteiger partial charge in [0.05, 0.1) is 0 Å². The van der Waals surface area contributed by atoms with E-state index in [1.54, 1.807) is 30.3 Å². The molecule has 0 atom stereocenters. The van der Waals surface area contributed by atoms with E-state index in [0.717, 1.165) is 5.56 Å². The van der Waals surface area contributed by atoms with Crippen LogP contribution in [0.3, 0.4) is 0 Å². The lowest BCUT2D eigenvalue weighted by Gasteiger charge is -1.99. The second-order valence-corrected chi connectivity index (χ2v) is 4.57. The number of hydrogen-bond acceptors (Lipinski definition) is 3. The van der Waals surface area contributed by atoms with Gasteiger partial charge in [0.1, 0.15) is 0 Å². The molecule has 2 rings (SSSR count). The van der Waals surface area contributed by atoms with Crippen LogP contribution in [0.1, 0.15) is 11.1 Å². The lowest BCUT2D eigenvalue weighted by molar-refractivity contribution is -0.137. The smallest absolute Gasteiger partial charge is 0.358 e. The number of oxime groups is 1. The number of amidine groups is 1. The van der Waals surface area contributed by atoms with Crippen LogP contribution in [0.2, 0.25) is 5.02 Å². The maximum absolute atomic E-state index is 11.5. The van der Waals surface area contributed by atoms with Gasteiger partial charge in [-0.25, -0.2) is 4.79 Å². The van der Waals surface area contributed by atoms with E-state index in [2.05, 4.69) is 5.16 Å². The summed E-state index contributed by atoms with van der Waals surface area (Å²) < 4.78 is 0. The van der Waals surface area contributed by atoms with Gasteiger partial charge in [-0.05, 0) is 35.9 Å². The maximum Gasteiger partial charge on any atom is 0.358 e. The summed E-state index contributed by atoms with van der Waals surface area (Å²) in [4.78, 5) is 16.2. The molecule has 0 bridgehead atoms. The van der Waals surface area contributed by atoms with Crippen LogP contribution in [0, 0.1) is 0 Å². The van der Waals surface area contributed by atoms with E-state index in [-0.39, 0.29) is 5.84 Å². The van der Waals surface area contributed by atoms with Gasteiger partial charge in [0, 0.05) is 16.7 Å². The van der Waals surface area contributed by atoms with Crippen molar-refractivity contribution >= 4 is 29.5 Å². The van der Waals surface area contributed by atoms with E-state index in [1.165, 1.54) is 6.08 Å². The first-order valence-electron chi connectivity index (χ1n) is 6.18. The third kappa shape index (κ3) is 4.78. The van der Waals surface area contributed by atoms with Crippen molar-refractivity contribution in [2.24, 2.45) is 10.9 Å². The van der Waals surface area contributed by atoms with Crippen molar-refractivity contribution in [2.45, 2.75) is 0 Å².